The number of carbonyl (C=O) groups is 1. The van der Waals surface area contributed by atoms with E-state index in [9.17, 15) is 4.79 Å². The molecule has 17 heavy (non-hydrogen) atoms. The molecule has 0 spiro atoms. The van der Waals surface area contributed by atoms with Crippen molar-refractivity contribution < 1.29 is 14.6 Å². The van der Waals surface area contributed by atoms with Crippen molar-refractivity contribution in [2.75, 3.05) is 20.8 Å². The van der Waals surface area contributed by atoms with Crippen molar-refractivity contribution in [2.24, 2.45) is 0 Å². The number of benzene rings is 1. The van der Waals surface area contributed by atoms with E-state index < -0.39 is 0 Å². The maximum Gasteiger partial charge on any atom is 0.224 e. The van der Waals surface area contributed by atoms with Crippen molar-refractivity contribution in [3.8, 4) is 5.75 Å². The molecular weight excluding hydrogens is 242 g/mol. The molecule has 0 bridgehead atoms. The molecule has 1 N–H and O–H groups in total. The third-order valence-corrected chi connectivity index (χ3v) is 2.64. The lowest BCUT2D eigenvalue weighted by Crippen LogP contribution is -2.26. The van der Waals surface area contributed by atoms with Gasteiger partial charge in [0.15, 0.2) is 0 Å². The van der Waals surface area contributed by atoms with Gasteiger partial charge in [-0.3, -0.25) is 4.79 Å². The summed E-state index contributed by atoms with van der Waals surface area (Å²) in [6, 6.07) is 5.27. The molecule has 0 aromatic heterocycles. The summed E-state index contributed by atoms with van der Waals surface area (Å²) in [6.45, 7) is 0.262. The maximum atomic E-state index is 11.5. The van der Waals surface area contributed by atoms with Crippen molar-refractivity contribution in [2.45, 2.75) is 13.0 Å². The molecule has 1 rings (SSSR count). The molecule has 0 atom stereocenters. The van der Waals surface area contributed by atoms with Crippen LogP contribution >= 0.6 is 11.6 Å². The van der Waals surface area contributed by atoms with Crippen molar-refractivity contribution in [1.82, 2.24) is 4.90 Å². The number of rotatable bonds is 5. The number of aliphatic hydroxyl groups is 1. The Balaban J connectivity index is 2.79. The van der Waals surface area contributed by atoms with Crippen LogP contribution in [0.15, 0.2) is 18.2 Å². The molecule has 5 heteroatoms. The fourth-order valence-electron chi connectivity index (χ4n) is 1.50. The highest BCUT2D eigenvalue weighted by atomic mass is 35.5. The summed E-state index contributed by atoms with van der Waals surface area (Å²) in [7, 11) is 3.25. The number of hydrogen-bond donors (Lipinski definition) is 1. The van der Waals surface area contributed by atoms with Gasteiger partial charge in [-0.25, -0.2) is 0 Å². The third-order valence-electron chi connectivity index (χ3n) is 2.40. The number of nitrogens with zero attached hydrogens (tertiary/aromatic N) is 1. The molecule has 4 nitrogen and oxygen atoms in total. The second-order valence-corrected chi connectivity index (χ2v) is 4.12. The van der Waals surface area contributed by atoms with Crippen molar-refractivity contribution in [3.05, 3.63) is 28.8 Å². The standard InChI is InChI=1S/C12H16ClNO3/c1-14(12(16)5-6-15)8-9-7-10(13)3-4-11(9)17-2/h3-4,7,15H,5-6,8H2,1-2H3. The van der Waals surface area contributed by atoms with E-state index in [1.165, 1.54) is 4.90 Å². The van der Waals surface area contributed by atoms with Crippen LogP contribution in [0.3, 0.4) is 0 Å². The van der Waals surface area contributed by atoms with Crippen LogP contribution < -0.4 is 4.74 Å². The highest BCUT2D eigenvalue weighted by molar-refractivity contribution is 6.30. The normalized spacial score (nSPS) is 10.1. The van der Waals surface area contributed by atoms with Gasteiger partial charge in [0, 0.05) is 30.6 Å². The van der Waals surface area contributed by atoms with E-state index in [-0.39, 0.29) is 18.9 Å². The number of hydrogen-bond acceptors (Lipinski definition) is 3. The number of halogens is 1. The lowest BCUT2D eigenvalue weighted by atomic mass is 10.2. The summed E-state index contributed by atoms with van der Waals surface area (Å²) in [4.78, 5) is 13.1. The van der Waals surface area contributed by atoms with E-state index in [2.05, 4.69) is 0 Å². The zero-order chi connectivity index (χ0) is 12.8. The summed E-state index contributed by atoms with van der Waals surface area (Å²) in [5.74, 6) is 0.576. The van der Waals surface area contributed by atoms with Crippen molar-refractivity contribution >= 4 is 17.5 Å². The quantitative estimate of drug-likeness (QED) is 0.873. The van der Waals surface area contributed by atoms with Crippen LogP contribution in [0.1, 0.15) is 12.0 Å². The Hall–Kier alpha value is -1.26. The van der Waals surface area contributed by atoms with Crippen LogP contribution in [0.2, 0.25) is 5.02 Å². The monoisotopic (exact) mass is 257 g/mol. The van der Waals surface area contributed by atoms with Crippen molar-refractivity contribution in [3.63, 3.8) is 0 Å². The van der Waals surface area contributed by atoms with Gasteiger partial charge in [-0.05, 0) is 18.2 Å². The first-order valence-corrected chi connectivity index (χ1v) is 5.63. The molecule has 0 saturated heterocycles. The average molecular weight is 258 g/mol. The minimum Gasteiger partial charge on any atom is -0.496 e. The minimum absolute atomic E-state index is 0.116. The number of ether oxygens (including phenoxy) is 1. The van der Waals surface area contributed by atoms with E-state index in [1.807, 2.05) is 0 Å². The fraction of sp³-hybridized carbons (Fsp3) is 0.417. The Kier molecular flexibility index (Phi) is 5.25. The second-order valence-electron chi connectivity index (χ2n) is 3.68. The Morgan fingerprint density at radius 2 is 2.24 bits per heavy atom. The Bertz CT molecular complexity index is 395. The first-order chi connectivity index (χ1) is 8.08. The summed E-state index contributed by atoms with van der Waals surface area (Å²) < 4.78 is 5.19. The molecule has 0 heterocycles. The van der Waals surface area contributed by atoms with E-state index in [0.717, 1.165) is 5.56 Å². The van der Waals surface area contributed by atoms with Crippen LogP contribution in [0.5, 0.6) is 5.75 Å². The van der Waals surface area contributed by atoms with Crippen LogP contribution in [0.25, 0.3) is 0 Å². The molecule has 1 aromatic carbocycles. The molecule has 0 radical (unpaired) electrons. The zero-order valence-electron chi connectivity index (χ0n) is 9.94. The SMILES string of the molecule is COc1ccc(Cl)cc1CN(C)C(=O)CCO. The number of aliphatic hydroxyl groups excluding tert-OH is 1. The smallest absolute Gasteiger partial charge is 0.224 e. The Morgan fingerprint density at radius 3 is 2.82 bits per heavy atom. The number of carbonyl (C=O) groups excluding carboxylic acids is 1. The highest BCUT2D eigenvalue weighted by Gasteiger charge is 2.11. The topological polar surface area (TPSA) is 49.8 Å². The van der Waals surface area contributed by atoms with Gasteiger partial charge in [0.2, 0.25) is 5.91 Å². The molecule has 0 saturated carbocycles. The van der Waals surface area contributed by atoms with E-state index in [1.54, 1.807) is 32.4 Å². The molecule has 1 amide bonds. The maximum absolute atomic E-state index is 11.5. The van der Waals surface area contributed by atoms with E-state index >= 15 is 0 Å². The van der Waals surface area contributed by atoms with Gasteiger partial charge in [0.1, 0.15) is 5.75 Å². The molecule has 0 aliphatic carbocycles. The second kappa shape index (κ2) is 6.47. The molecule has 0 fully saturated rings. The molecule has 0 aliphatic rings. The number of amides is 1. The van der Waals surface area contributed by atoms with Gasteiger partial charge in [0.05, 0.1) is 13.7 Å². The predicted molar refractivity (Wildman–Crippen MR) is 66.2 cm³/mol. The summed E-state index contributed by atoms with van der Waals surface area (Å²) in [5, 5.41) is 9.30. The minimum atomic E-state index is -0.143. The summed E-state index contributed by atoms with van der Waals surface area (Å²) >= 11 is 5.90. The Morgan fingerprint density at radius 1 is 1.53 bits per heavy atom. The summed E-state index contributed by atoms with van der Waals surface area (Å²) in [5.41, 5.74) is 0.841. The van der Waals surface area contributed by atoms with Crippen LogP contribution in [0, 0.1) is 0 Å². The zero-order valence-corrected chi connectivity index (χ0v) is 10.7. The first kappa shape index (κ1) is 13.8. The van der Waals surface area contributed by atoms with Crippen LogP contribution in [-0.4, -0.2) is 36.7 Å². The van der Waals surface area contributed by atoms with E-state index in [0.29, 0.717) is 17.3 Å². The molecule has 94 valence electrons. The molecular formula is C12H16ClNO3. The fourth-order valence-corrected chi connectivity index (χ4v) is 1.70. The van der Waals surface area contributed by atoms with Gasteiger partial charge in [0.25, 0.3) is 0 Å². The predicted octanol–water partition coefficient (Wildman–Crippen LogP) is 1.69. The highest BCUT2D eigenvalue weighted by Crippen LogP contribution is 2.23. The van der Waals surface area contributed by atoms with Gasteiger partial charge in [-0.2, -0.15) is 0 Å². The molecule has 0 unspecified atom stereocenters. The lowest BCUT2D eigenvalue weighted by Gasteiger charge is -2.18. The van der Waals surface area contributed by atoms with Crippen LogP contribution in [0.4, 0.5) is 0 Å². The van der Waals surface area contributed by atoms with E-state index in [4.69, 9.17) is 21.4 Å². The van der Waals surface area contributed by atoms with Gasteiger partial charge >= 0.3 is 0 Å². The summed E-state index contributed by atoms with van der Waals surface area (Å²) in [6.07, 6.45) is 0.124. The third kappa shape index (κ3) is 3.91. The molecule has 0 aliphatic heterocycles. The van der Waals surface area contributed by atoms with Crippen LogP contribution in [-0.2, 0) is 11.3 Å². The Labute approximate surface area is 106 Å². The lowest BCUT2D eigenvalue weighted by molar-refractivity contribution is -0.131. The first-order valence-electron chi connectivity index (χ1n) is 5.25. The van der Waals surface area contributed by atoms with Crippen molar-refractivity contribution in [1.29, 1.82) is 0 Å². The number of methoxy groups -OCH3 is 1. The van der Waals surface area contributed by atoms with Gasteiger partial charge < -0.3 is 14.7 Å². The average Bonchev–Trinajstić information content (AvgIpc) is 2.29. The van der Waals surface area contributed by atoms with Gasteiger partial charge in [-0.1, -0.05) is 11.6 Å². The van der Waals surface area contributed by atoms with Gasteiger partial charge in [-0.15, -0.1) is 0 Å². The molecule has 1 aromatic rings. The largest absolute Gasteiger partial charge is 0.496 e.